The second-order valence-electron chi connectivity index (χ2n) is 4.51. The van der Waals surface area contributed by atoms with E-state index in [0.29, 0.717) is 12.3 Å². The third kappa shape index (κ3) is 3.93. The Morgan fingerprint density at radius 1 is 1.29 bits per heavy atom. The van der Waals surface area contributed by atoms with Gasteiger partial charge < -0.3 is 19.7 Å². The molecule has 1 heterocycles. The Bertz CT molecular complexity index is 649. The van der Waals surface area contributed by atoms with Gasteiger partial charge in [0.15, 0.2) is 0 Å². The number of rotatable bonds is 6. The number of benzene rings is 1. The van der Waals surface area contributed by atoms with Gasteiger partial charge in [-0.05, 0) is 29.8 Å². The van der Waals surface area contributed by atoms with Crippen molar-refractivity contribution in [2.45, 2.75) is 13.2 Å². The highest BCUT2D eigenvalue weighted by atomic mass is 16.5. The standard InChI is InChI=1S/C15H16N2O4/c1-21-10-11-4-2-5-12(8-11)16-14(18)9-17-7-3-6-13(17)15(19)20/h2-8H,9-10H2,1H3,(H,16,18)(H,19,20). The molecule has 0 aliphatic rings. The fraction of sp³-hybridized carbons (Fsp3) is 0.200. The minimum atomic E-state index is -1.06. The molecule has 0 aliphatic carbocycles. The third-order valence-corrected chi connectivity index (χ3v) is 2.88. The number of aromatic carboxylic acids is 1. The van der Waals surface area contributed by atoms with Gasteiger partial charge in [0.05, 0.1) is 6.61 Å². The summed E-state index contributed by atoms with van der Waals surface area (Å²) >= 11 is 0. The first-order chi connectivity index (χ1) is 10.1. The number of carboxylic acids is 1. The van der Waals surface area contributed by atoms with Gasteiger partial charge >= 0.3 is 5.97 Å². The van der Waals surface area contributed by atoms with Gasteiger partial charge in [-0.25, -0.2) is 4.79 Å². The van der Waals surface area contributed by atoms with E-state index < -0.39 is 5.97 Å². The number of ether oxygens (including phenoxy) is 1. The van der Waals surface area contributed by atoms with Crippen LogP contribution in [0.15, 0.2) is 42.6 Å². The third-order valence-electron chi connectivity index (χ3n) is 2.88. The number of nitrogens with one attached hydrogen (secondary N) is 1. The minimum absolute atomic E-state index is 0.0524. The molecule has 0 saturated heterocycles. The predicted molar refractivity (Wildman–Crippen MR) is 77.2 cm³/mol. The Morgan fingerprint density at radius 2 is 2.10 bits per heavy atom. The SMILES string of the molecule is COCc1cccc(NC(=O)Cn2cccc2C(=O)O)c1. The first kappa shape index (κ1) is 14.8. The van der Waals surface area contributed by atoms with Crippen molar-refractivity contribution in [3.63, 3.8) is 0 Å². The van der Waals surface area contributed by atoms with Crippen molar-refractivity contribution >= 4 is 17.6 Å². The molecule has 2 N–H and O–H groups in total. The van der Waals surface area contributed by atoms with Crippen LogP contribution in [-0.4, -0.2) is 28.7 Å². The maximum absolute atomic E-state index is 12.0. The smallest absolute Gasteiger partial charge is 0.352 e. The van der Waals surface area contributed by atoms with Gasteiger partial charge in [0.1, 0.15) is 12.2 Å². The number of carboxylic acid groups (broad SMARTS) is 1. The summed E-state index contributed by atoms with van der Waals surface area (Å²) in [7, 11) is 1.60. The van der Waals surface area contributed by atoms with Crippen LogP contribution < -0.4 is 5.32 Å². The van der Waals surface area contributed by atoms with Crippen molar-refractivity contribution in [3.8, 4) is 0 Å². The number of hydrogen-bond donors (Lipinski definition) is 2. The lowest BCUT2D eigenvalue weighted by atomic mass is 10.2. The van der Waals surface area contributed by atoms with E-state index in [2.05, 4.69) is 5.32 Å². The van der Waals surface area contributed by atoms with Gasteiger partial charge in [-0.2, -0.15) is 0 Å². The highest BCUT2D eigenvalue weighted by molar-refractivity contribution is 5.92. The van der Waals surface area contributed by atoms with Crippen molar-refractivity contribution in [1.82, 2.24) is 4.57 Å². The van der Waals surface area contributed by atoms with Crippen LogP contribution in [0.2, 0.25) is 0 Å². The fourth-order valence-corrected chi connectivity index (χ4v) is 2.01. The van der Waals surface area contributed by atoms with E-state index in [1.165, 1.54) is 10.6 Å². The molecule has 1 amide bonds. The van der Waals surface area contributed by atoms with Crippen LogP contribution in [0.3, 0.4) is 0 Å². The van der Waals surface area contributed by atoms with Crippen LogP contribution in [-0.2, 0) is 22.7 Å². The van der Waals surface area contributed by atoms with Crippen molar-refractivity contribution in [3.05, 3.63) is 53.9 Å². The molecule has 6 nitrogen and oxygen atoms in total. The van der Waals surface area contributed by atoms with Crippen LogP contribution in [0.25, 0.3) is 0 Å². The van der Waals surface area contributed by atoms with E-state index in [1.54, 1.807) is 25.4 Å². The molecule has 0 unspecified atom stereocenters. The Balaban J connectivity index is 2.03. The molecular formula is C15H16N2O4. The summed E-state index contributed by atoms with van der Waals surface area (Å²) in [6.07, 6.45) is 1.56. The fourth-order valence-electron chi connectivity index (χ4n) is 2.01. The molecule has 21 heavy (non-hydrogen) atoms. The van der Waals surface area contributed by atoms with E-state index in [-0.39, 0.29) is 18.1 Å². The molecule has 1 aromatic heterocycles. The van der Waals surface area contributed by atoms with Crippen molar-refractivity contribution in [2.24, 2.45) is 0 Å². The highest BCUT2D eigenvalue weighted by Gasteiger charge is 2.11. The van der Waals surface area contributed by atoms with Crippen molar-refractivity contribution in [1.29, 1.82) is 0 Å². The summed E-state index contributed by atoms with van der Waals surface area (Å²) in [5.74, 6) is -1.35. The van der Waals surface area contributed by atoms with Crippen LogP contribution in [0.5, 0.6) is 0 Å². The summed E-state index contributed by atoms with van der Waals surface area (Å²) in [5, 5.41) is 11.7. The van der Waals surface area contributed by atoms with Gasteiger partial charge in [-0.1, -0.05) is 12.1 Å². The maximum atomic E-state index is 12.0. The number of carbonyl (C=O) groups excluding carboxylic acids is 1. The van der Waals surface area contributed by atoms with E-state index in [9.17, 15) is 9.59 Å². The van der Waals surface area contributed by atoms with Crippen molar-refractivity contribution in [2.75, 3.05) is 12.4 Å². The molecule has 2 rings (SSSR count). The van der Waals surface area contributed by atoms with E-state index >= 15 is 0 Å². The summed E-state index contributed by atoms with van der Waals surface area (Å²) in [6, 6.07) is 10.3. The first-order valence-electron chi connectivity index (χ1n) is 6.36. The van der Waals surface area contributed by atoms with Gasteiger partial charge in [-0.15, -0.1) is 0 Å². The number of hydrogen-bond acceptors (Lipinski definition) is 3. The lowest BCUT2D eigenvalue weighted by molar-refractivity contribution is -0.116. The monoisotopic (exact) mass is 288 g/mol. The molecular weight excluding hydrogens is 272 g/mol. The number of amides is 1. The van der Waals surface area contributed by atoms with E-state index in [0.717, 1.165) is 5.56 Å². The largest absolute Gasteiger partial charge is 0.477 e. The van der Waals surface area contributed by atoms with Crippen molar-refractivity contribution < 1.29 is 19.4 Å². The zero-order valence-corrected chi connectivity index (χ0v) is 11.6. The molecule has 0 bridgehead atoms. The van der Waals surface area contributed by atoms with E-state index in [4.69, 9.17) is 9.84 Å². The highest BCUT2D eigenvalue weighted by Crippen LogP contribution is 2.12. The van der Waals surface area contributed by atoms with Gasteiger partial charge in [0, 0.05) is 19.0 Å². The topological polar surface area (TPSA) is 80.6 Å². The average molecular weight is 288 g/mol. The number of nitrogens with zero attached hydrogens (tertiary/aromatic N) is 1. The summed E-state index contributed by atoms with van der Waals surface area (Å²) in [5.41, 5.74) is 1.68. The Kier molecular flexibility index (Phi) is 4.73. The lowest BCUT2D eigenvalue weighted by Gasteiger charge is -2.09. The number of aromatic nitrogens is 1. The molecule has 0 fully saturated rings. The van der Waals surface area contributed by atoms with E-state index in [1.807, 2.05) is 18.2 Å². The number of methoxy groups -OCH3 is 1. The van der Waals surface area contributed by atoms with Crippen LogP contribution in [0.4, 0.5) is 5.69 Å². The Hall–Kier alpha value is -2.60. The molecule has 1 aromatic carbocycles. The van der Waals surface area contributed by atoms with Gasteiger partial charge in [-0.3, -0.25) is 4.79 Å². The Morgan fingerprint density at radius 3 is 2.81 bits per heavy atom. The quantitative estimate of drug-likeness (QED) is 0.851. The zero-order valence-electron chi connectivity index (χ0n) is 11.6. The molecule has 2 aromatic rings. The second kappa shape index (κ2) is 6.71. The van der Waals surface area contributed by atoms with Gasteiger partial charge in [0.25, 0.3) is 0 Å². The molecule has 0 saturated carbocycles. The predicted octanol–water partition coefficient (Wildman–Crippen LogP) is 1.97. The van der Waals surface area contributed by atoms with Gasteiger partial charge in [0.2, 0.25) is 5.91 Å². The van der Waals surface area contributed by atoms with Crippen LogP contribution in [0, 0.1) is 0 Å². The summed E-state index contributed by atoms with van der Waals surface area (Å²) in [4.78, 5) is 22.9. The second-order valence-corrected chi connectivity index (χ2v) is 4.51. The summed E-state index contributed by atoms with van der Waals surface area (Å²) in [6.45, 7) is 0.410. The number of anilines is 1. The van der Waals surface area contributed by atoms with Crippen LogP contribution in [0.1, 0.15) is 16.1 Å². The molecule has 0 spiro atoms. The number of carbonyl (C=O) groups is 2. The molecule has 6 heteroatoms. The maximum Gasteiger partial charge on any atom is 0.352 e. The lowest BCUT2D eigenvalue weighted by Crippen LogP contribution is -2.20. The average Bonchev–Trinajstić information content (AvgIpc) is 2.87. The molecule has 0 aliphatic heterocycles. The summed E-state index contributed by atoms with van der Waals surface area (Å²) < 4.78 is 6.42. The van der Waals surface area contributed by atoms with Crippen LogP contribution >= 0.6 is 0 Å². The molecule has 0 atom stereocenters. The molecule has 0 radical (unpaired) electrons. The first-order valence-corrected chi connectivity index (χ1v) is 6.36. The zero-order chi connectivity index (χ0) is 15.2. The molecule has 110 valence electrons. The Labute approximate surface area is 122 Å². The minimum Gasteiger partial charge on any atom is -0.477 e. The normalized spacial score (nSPS) is 10.3.